The fourth-order valence-electron chi connectivity index (χ4n) is 2.85. The van der Waals surface area contributed by atoms with Gasteiger partial charge in [-0.15, -0.1) is 0 Å². The molecule has 0 N–H and O–H groups in total. The van der Waals surface area contributed by atoms with Crippen LogP contribution in [0.25, 0.3) is 11.0 Å². The minimum absolute atomic E-state index is 0.151. The molecule has 3 nitrogen and oxygen atoms in total. The summed E-state index contributed by atoms with van der Waals surface area (Å²) in [4.78, 5) is 11.7. The Morgan fingerprint density at radius 2 is 2.05 bits per heavy atom. The van der Waals surface area contributed by atoms with E-state index in [1.807, 2.05) is 6.07 Å². The first-order chi connectivity index (χ1) is 9.48. The lowest BCUT2D eigenvalue weighted by molar-refractivity contribution is 0.0848. The van der Waals surface area contributed by atoms with Gasteiger partial charge in [-0.05, 0) is 50.3 Å². The summed E-state index contributed by atoms with van der Waals surface area (Å²) >= 11 is 0. The van der Waals surface area contributed by atoms with Crippen molar-refractivity contribution in [2.24, 2.45) is 0 Å². The number of aryl methyl sites for hydroxylation is 2. The molecule has 0 aliphatic carbocycles. The predicted octanol–water partition coefficient (Wildman–Crippen LogP) is 3.85. The van der Waals surface area contributed by atoms with Gasteiger partial charge in [0.15, 0.2) is 0 Å². The Bertz CT molecular complexity index is 710. The molecule has 0 fully saturated rings. The van der Waals surface area contributed by atoms with Gasteiger partial charge >= 0.3 is 5.63 Å². The summed E-state index contributed by atoms with van der Waals surface area (Å²) < 4.78 is 11.4. The van der Waals surface area contributed by atoms with Crippen LogP contribution in [0.15, 0.2) is 27.4 Å². The summed E-state index contributed by atoms with van der Waals surface area (Å²) in [5.41, 5.74) is 2.49. The van der Waals surface area contributed by atoms with E-state index in [0.29, 0.717) is 5.58 Å². The van der Waals surface area contributed by atoms with Gasteiger partial charge in [0.2, 0.25) is 0 Å². The Hall–Kier alpha value is -1.77. The molecular formula is C17H20O3. The van der Waals surface area contributed by atoms with Crippen molar-refractivity contribution in [3.63, 3.8) is 0 Å². The minimum atomic E-state index is -0.282. The maximum Gasteiger partial charge on any atom is 0.336 e. The second-order valence-electron chi connectivity index (χ2n) is 6.16. The van der Waals surface area contributed by atoms with Gasteiger partial charge in [0, 0.05) is 17.5 Å². The smallest absolute Gasteiger partial charge is 0.336 e. The van der Waals surface area contributed by atoms with Gasteiger partial charge in [0.05, 0.1) is 0 Å². The topological polar surface area (TPSA) is 39.4 Å². The molecule has 0 saturated heterocycles. The lowest BCUT2D eigenvalue weighted by atomic mass is 9.92. The fourth-order valence-corrected chi connectivity index (χ4v) is 2.85. The zero-order valence-electron chi connectivity index (χ0n) is 12.3. The normalized spacial score (nSPS) is 16.8. The molecule has 3 rings (SSSR count). The van der Waals surface area contributed by atoms with Gasteiger partial charge in [0.25, 0.3) is 0 Å². The van der Waals surface area contributed by atoms with E-state index in [1.54, 1.807) is 6.07 Å². The summed E-state index contributed by atoms with van der Waals surface area (Å²) in [5.74, 6) is 0.852. The summed E-state index contributed by atoms with van der Waals surface area (Å²) in [6.07, 6.45) is 3.92. The van der Waals surface area contributed by atoms with E-state index in [0.717, 1.165) is 42.4 Å². The largest absolute Gasteiger partial charge is 0.487 e. The van der Waals surface area contributed by atoms with Crippen molar-refractivity contribution < 1.29 is 9.15 Å². The average molecular weight is 272 g/mol. The number of hydrogen-bond acceptors (Lipinski definition) is 3. The van der Waals surface area contributed by atoms with E-state index < -0.39 is 0 Å². The molecule has 1 aliphatic heterocycles. The van der Waals surface area contributed by atoms with Crippen LogP contribution in [0.4, 0.5) is 0 Å². The van der Waals surface area contributed by atoms with Crippen LogP contribution in [-0.4, -0.2) is 5.60 Å². The van der Waals surface area contributed by atoms with Crippen LogP contribution in [0, 0.1) is 0 Å². The molecule has 106 valence electrons. The molecule has 1 aliphatic rings. The third-order valence-electron chi connectivity index (χ3n) is 3.91. The maximum atomic E-state index is 11.7. The number of ether oxygens (including phenoxy) is 1. The van der Waals surface area contributed by atoms with Crippen LogP contribution in [0.2, 0.25) is 0 Å². The van der Waals surface area contributed by atoms with Crippen LogP contribution >= 0.6 is 0 Å². The Kier molecular flexibility index (Phi) is 3.08. The first-order valence-corrected chi connectivity index (χ1v) is 7.27. The Morgan fingerprint density at radius 3 is 2.80 bits per heavy atom. The first kappa shape index (κ1) is 13.2. The third-order valence-corrected chi connectivity index (χ3v) is 3.91. The Labute approximate surface area is 118 Å². The molecule has 1 aromatic carbocycles. The Morgan fingerprint density at radius 1 is 1.25 bits per heavy atom. The molecule has 0 bridgehead atoms. The van der Waals surface area contributed by atoms with E-state index in [-0.39, 0.29) is 11.2 Å². The van der Waals surface area contributed by atoms with Crippen LogP contribution in [0.3, 0.4) is 0 Å². The van der Waals surface area contributed by atoms with Crippen molar-refractivity contribution >= 4 is 11.0 Å². The van der Waals surface area contributed by atoms with Crippen molar-refractivity contribution in [1.82, 2.24) is 0 Å². The molecule has 3 heteroatoms. The minimum Gasteiger partial charge on any atom is -0.487 e. The molecule has 2 heterocycles. The predicted molar refractivity (Wildman–Crippen MR) is 79.5 cm³/mol. The van der Waals surface area contributed by atoms with Gasteiger partial charge in [0.1, 0.15) is 16.9 Å². The molecule has 20 heavy (non-hydrogen) atoms. The number of rotatable bonds is 2. The van der Waals surface area contributed by atoms with Gasteiger partial charge in [-0.1, -0.05) is 13.3 Å². The zero-order chi connectivity index (χ0) is 14.3. The highest BCUT2D eigenvalue weighted by atomic mass is 16.5. The van der Waals surface area contributed by atoms with E-state index in [1.165, 1.54) is 5.56 Å². The van der Waals surface area contributed by atoms with Crippen LogP contribution in [0.1, 0.15) is 44.7 Å². The second kappa shape index (κ2) is 4.65. The molecular weight excluding hydrogens is 252 g/mol. The van der Waals surface area contributed by atoms with Crippen molar-refractivity contribution in [2.75, 3.05) is 0 Å². The van der Waals surface area contributed by atoms with E-state index in [9.17, 15) is 4.79 Å². The fraction of sp³-hybridized carbons (Fsp3) is 0.471. The van der Waals surface area contributed by atoms with Crippen molar-refractivity contribution in [2.45, 2.75) is 52.1 Å². The molecule has 0 saturated carbocycles. The number of fused-ring (bicyclic) bond motifs is 2. The van der Waals surface area contributed by atoms with Crippen molar-refractivity contribution in [3.8, 4) is 5.75 Å². The SMILES string of the molecule is CCCc1cc(=O)oc2cc3c(cc12)CCC(C)(C)O3. The highest BCUT2D eigenvalue weighted by Gasteiger charge is 2.27. The quantitative estimate of drug-likeness (QED) is 0.779. The zero-order valence-corrected chi connectivity index (χ0v) is 12.3. The molecule has 0 radical (unpaired) electrons. The highest BCUT2D eigenvalue weighted by Crippen LogP contribution is 2.36. The van der Waals surface area contributed by atoms with Gasteiger partial charge in [-0.25, -0.2) is 4.79 Å². The third kappa shape index (κ3) is 2.33. The van der Waals surface area contributed by atoms with Crippen LogP contribution < -0.4 is 10.4 Å². The lowest BCUT2D eigenvalue weighted by Gasteiger charge is -2.32. The molecule has 0 spiro atoms. The van der Waals surface area contributed by atoms with E-state index in [4.69, 9.17) is 9.15 Å². The number of benzene rings is 1. The monoisotopic (exact) mass is 272 g/mol. The average Bonchev–Trinajstić information content (AvgIpc) is 2.36. The Balaban J connectivity index is 2.20. The van der Waals surface area contributed by atoms with Crippen molar-refractivity contribution in [3.05, 3.63) is 39.7 Å². The standard InChI is InChI=1S/C17H20O3/c1-4-5-11-9-16(18)19-15-10-14-12(8-13(11)15)6-7-17(2,3)20-14/h8-10H,4-7H2,1-3H3. The van der Waals surface area contributed by atoms with Gasteiger partial charge in [-0.3, -0.25) is 0 Å². The second-order valence-corrected chi connectivity index (χ2v) is 6.16. The number of hydrogen-bond donors (Lipinski definition) is 0. The maximum absolute atomic E-state index is 11.7. The van der Waals surface area contributed by atoms with Crippen LogP contribution in [-0.2, 0) is 12.8 Å². The van der Waals surface area contributed by atoms with E-state index in [2.05, 4.69) is 26.8 Å². The molecule has 0 amide bonds. The van der Waals surface area contributed by atoms with Crippen molar-refractivity contribution in [1.29, 1.82) is 0 Å². The molecule has 1 aromatic heterocycles. The van der Waals surface area contributed by atoms with E-state index >= 15 is 0 Å². The van der Waals surface area contributed by atoms with Gasteiger partial charge < -0.3 is 9.15 Å². The van der Waals surface area contributed by atoms with Gasteiger partial charge in [-0.2, -0.15) is 0 Å². The summed E-state index contributed by atoms with van der Waals surface area (Å²) in [6.45, 7) is 6.29. The first-order valence-electron chi connectivity index (χ1n) is 7.27. The highest BCUT2D eigenvalue weighted by molar-refractivity contribution is 5.83. The molecule has 0 unspecified atom stereocenters. The lowest BCUT2D eigenvalue weighted by Crippen LogP contribution is -2.32. The summed E-state index contributed by atoms with van der Waals surface area (Å²) in [6, 6.07) is 5.63. The summed E-state index contributed by atoms with van der Waals surface area (Å²) in [7, 11) is 0. The van der Waals surface area contributed by atoms with Crippen LogP contribution in [0.5, 0.6) is 5.75 Å². The summed E-state index contributed by atoms with van der Waals surface area (Å²) in [5, 5.41) is 1.05. The molecule has 2 aromatic rings. The molecule has 0 atom stereocenters.